The molecular weight excluding hydrogens is 339 g/mol. The van der Waals surface area contributed by atoms with E-state index in [1.165, 1.54) is 11.8 Å². The molecule has 3 aromatic rings. The molecule has 0 saturated heterocycles. The van der Waals surface area contributed by atoms with Crippen LogP contribution < -0.4 is 5.56 Å². The molecule has 112 valence electrons. The van der Waals surface area contributed by atoms with Crippen molar-refractivity contribution in [2.75, 3.05) is 0 Å². The topological polar surface area (TPSA) is 34.9 Å². The van der Waals surface area contributed by atoms with Gasteiger partial charge in [0.2, 0.25) is 0 Å². The molecule has 0 atom stereocenters. The minimum atomic E-state index is -0.0571. The summed E-state index contributed by atoms with van der Waals surface area (Å²) < 4.78 is 1.55. The lowest BCUT2D eigenvalue weighted by Gasteiger charge is -2.10. The summed E-state index contributed by atoms with van der Waals surface area (Å²) in [6.07, 6.45) is 0. The van der Waals surface area contributed by atoms with Crippen molar-refractivity contribution in [3.63, 3.8) is 0 Å². The lowest BCUT2D eigenvalue weighted by Crippen LogP contribution is -2.19. The Morgan fingerprint density at radius 2 is 1.77 bits per heavy atom. The Kier molecular flexibility index (Phi) is 4.43. The quantitative estimate of drug-likeness (QED) is 0.514. The van der Waals surface area contributed by atoms with Gasteiger partial charge < -0.3 is 0 Å². The molecule has 3 nitrogen and oxygen atoms in total. The molecule has 22 heavy (non-hydrogen) atoms. The van der Waals surface area contributed by atoms with Crippen LogP contribution in [0.4, 0.5) is 0 Å². The zero-order valence-electron chi connectivity index (χ0n) is 11.7. The summed E-state index contributed by atoms with van der Waals surface area (Å²) in [6.45, 7) is 0. The SMILES string of the molecule is Cn1c(SCc2c(Cl)cccc2Cl)nc2ccccc2c1=O. The molecule has 0 saturated carbocycles. The van der Waals surface area contributed by atoms with E-state index in [1.54, 1.807) is 29.8 Å². The second kappa shape index (κ2) is 6.32. The Morgan fingerprint density at radius 3 is 2.50 bits per heavy atom. The van der Waals surface area contributed by atoms with Crippen LogP contribution in [-0.4, -0.2) is 9.55 Å². The van der Waals surface area contributed by atoms with Crippen LogP contribution in [0.15, 0.2) is 52.4 Å². The van der Waals surface area contributed by atoms with Gasteiger partial charge in [0, 0.05) is 22.8 Å². The summed E-state index contributed by atoms with van der Waals surface area (Å²) in [6, 6.07) is 12.7. The Hall–Kier alpha value is -1.49. The second-order valence-electron chi connectivity index (χ2n) is 4.76. The van der Waals surface area contributed by atoms with Crippen molar-refractivity contribution in [2.45, 2.75) is 10.9 Å². The number of nitrogens with zero attached hydrogens (tertiary/aromatic N) is 2. The molecule has 3 rings (SSSR count). The molecule has 1 heterocycles. The van der Waals surface area contributed by atoms with Crippen molar-refractivity contribution in [2.24, 2.45) is 7.05 Å². The highest BCUT2D eigenvalue weighted by atomic mass is 35.5. The van der Waals surface area contributed by atoms with Crippen molar-refractivity contribution >= 4 is 45.9 Å². The highest BCUT2D eigenvalue weighted by Crippen LogP contribution is 2.30. The summed E-state index contributed by atoms with van der Waals surface area (Å²) in [7, 11) is 1.72. The maximum Gasteiger partial charge on any atom is 0.261 e. The third-order valence-electron chi connectivity index (χ3n) is 3.35. The highest BCUT2D eigenvalue weighted by Gasteiger charge is 2.11. The van der Waals surface area contributed by atoms with Gasteiger partial charge in [0.05, 0.1) is 10.9 Å². The molecule has 0 N–H and O–H groups in total. The Morgan fingerprint density at radius 1 is 1.09 bits per heavy atom. The maximum atomic E-state index is 12.4. The van der Waals surface area contributed by atoms with E-state index in [4.69, 9.17) is 23.2 Å². The first kappa shape index (κ1) is 15.4. The van der Waals surface area contributed by atoms with Gasteiger partial charge in [-0.1, -0.05) is 53.2 Å². The van der Waals surface area contributed by atoms with Gasteiger partial charge in [0.25, 0.3) is 5.56 Å². The van der Waals surface area contributed by atoms with Crippen LogP contribution in [-0.2, 0) is 12.8 Å². The van der Waals surface area contributed by atoms with Gasteiger partial charge in [-0.25, -0.2) is 4.98 Å². The number of halogens is 2. The van der Waals surface area contributed by atoms with Crippen molar-refractivity contribution in [1.82, 2.24) is 9.55 Å². The van der Waals surface area contributed by atoms with E-state index >= 15 is 0 Å². The van der Waals surface area contributed by atoms with Gasteiger partial charge >= 0.3 is 0 Å². The van der Waals surface area contributed by atoms with Crippen LogP contribution >= 0.6 is 35.0 Å². The van der Waals surface area contributed by atoms with E-state index < -0.39 is 0 Å². The highest BCUT2D eigenvalue weighted by molar-refractivity contribution is 7.98. The molecule has 0 aliphatic rings. The third kappa shape index (κ3) is 2.86. The molecule has 0 aliphatic heterocycles. The van der Waals surface area contributed by atoms with Gasteiger partial charge in [-0.2, -0.15) is 0 Å². The van der Waals surface area contributed by atoms with Crippen LogP contribution in [0, 0.1) is 0 Å². The fourth-order valence-corrected chi connectivity index (χ4v) is 3.85. The summed E-state index contributed by atoms with van der Waals surface area (Å²) in [5, 5.41) is 2.49. The standard InChI is InChI=1S/C16H12Cl2N2OS/c1-20-15(21)10-5-2-3-8-14(10)19-16(20)22-9-11-12(17)6-4-7-13(11)18/h2-8H,9H2,1H3. The van der Waals surface area contributed by atoms with Gasteiger partial charge in [0.15, 0.2) is 5.16 Å². The molecule has 0 amide bonds. The monoisotopic (exact) mass is 350 g/mol. The van der Waals surface area contributed by atoms with Crippen LogP contribution in [0.5, 0.6) is 0 Å². The van der Waals surface area contributed by atoms with E-state index in [-0.39, 0.29) is 5.56 Å². The summed E-state index contributed by atoms with van der Waals surface area (Å²) in [4.78, 5) is 16.9. The summed E-state index contributed by atoms with van der Waals surface area (Å²) in [5.41, 5.74) is 1.48. The van der Waals surface area contributed by atoms with Crippen molar-refractivity contribution in [3.05, 3.63) is 68.4 Å². The number of hydrogen-bond acceptors (Lipinski definition) is 3. The van der Waals surface area contributed by atoms with E-state index in [2.05, 4.69) is 4.98 Å². The van der Waals surface area contributed by atoms with E-state index in [0.717, 1.165) is 5.56 Å². The predicted molar refractivity (Wildman–Crippen MR) is 93.0 cm³/mol. The Bertz CT molecular complexity index is 888. The first-order valence-electron chi connectivity index (χ1n) is 6.59. The average molecular weight is 351 g/mol. The Balaban J connectivity index is 1.98. The lowest BCUT2D eigenvalue weighted by atomic mass is 10.2. The third-order valence-corrected chi connectivity index (χ3v) is 5.11. The molecule has 0 unspecified atom stereocenters. The molecule has 1 aromatic heterocycles. The van der Waals surface area contributed by atoms with E-state index in [9.17, 15) is 4.79 Å². The minimum absolute atomic E-state index is 0.0571. The minimum Gasteiger partial charge on any atom is -0.290 e. The van der Waals surface area contributed by atoms with Gasteiger partial charge in [-0.05, 0) is 29.8 Å². The zero-order valence-corrected chi connectivity index (χ0v) is 14.0. The number of benzene rings is 2. The van der Waals surface area contributed by atoms with Gasteiger partial charge in [0.1, 0.15) is 0 Å². The summed E-state index contributed by atoms with van der Waals surface area (Å²) >= 11 is 13.8. The first-order chi connectivity index (χ1) is 10.6. The molecule has 0 fully saturated rings. The molecule has 6 heteroatoms. The molecular formula is C16H12Cl2N2OS. The number of rotatable bonds is 3. The van der Waals surface area contributed by atoms with Crippen molar-refractivity contribution < 1.29 is 0 Å². The molecule has 2 aromatic carbocycles. The maximum absolute atomic E-state index is 12.4. The fourth-order valence-electron chi connectivity index (χ4n) is 2.13. The van der Waals surface area contributed by atoms with Crippen LogP contribution in [0.25, 0.3) is 10.9 Å². The average Bonchev–Trinajstić information content (AvgIpc) is 2.51. The molecule has 0 bridgehead atoms. The normalized spacial score (nSPS) is 11.0. The second-order valence-corrected chi connectivity index (χ2v) is 6.52. The molecule has 0 radical (unpaired) electrons. The Labute approximate surface area is 141 Å². The van der Waals surface area contributed by atoms with Crippen LogP contribution in [0.2, 0.25) is 10.0 Å². The van der Waals surface area contributed by atoms with Crippen molar-refractivity contribution in [3.8, 4) is 0 Å². The number of hydrogen-bond donors (Lipinski definition) is 0. The summed E-state index contributed by atoms with van der Waals surface area (Å²) in [5.74, 6) is 0.553. The number of thioether (sulfide) groups is 1. The van der Waals surface area contributed by atoms with Crippen LogP contribution in [0.3, 0.4) is 0 Å². The van der Waals surface area contributed by atoms with E-state index in [1.807, 2.05) is 24.3 Å². The number of fused-ring (bicyclic) bond motifs is 1. The van der Waals surface area contributed by atoms with Gasteiger partial charge in [-0.3, -0.25) is 9.36 Å². The first-order valence-corrected chi connectivity index (χ1v) is 8.33. The fraction of sp³-hybridized carbons (Fsp3) is 0.125. The number of aromatic nitrogens is 2. The largest absolute Gasteiger partial charge is 0.290 e. The molecule has 0 spiro atoms. The lowest BCUT2D eigenvalue weighted by molar-refractivity contribution is 0.726. The van der Waals surface area contributed by atoms with Gasteiger partial charge in [-0.15, -0.1) is 0 Å². The van der Waals surface area contributed by atoms with Crippen molar-refractivity contribution in [1.29, 1.82) is 0 Å². The van der Waals surface area contributed by atoms with Crippen LogP contribution in [0.1, 0.15) is 5.56 Å². The predicted octanol–water partition coefficient (Wildman–Crippen LogP) is 4.53. The van der Waals surface area contributed by atoms with E-state index in [0.29, 0.717) is 31.9 Å². The zero-order chi connectivity index (χ0) is 15.7. The molecule has 0 aliphatic carbocycles. The smallest absolute Gasteiger partial charge is 0.261 e. The number of para-hydroxylation sites is 1.